The zero-order chi connectivity index (χ0) is 18.4. The van der Waals surface area contributed by atoms with E-state index in [4.69, 9.17) is 4.74 Å². The molecule has 1 aromatic heterocycles. The standard InChI is InChI=1S/C19H26N2O4/c1-19(2,3)16(22)17(23)21-11-5-9-15(21)18(24)25-12-6-8-14-7-4-10-20-13-14/h4,7,10,13,15H,5-6,8-9,11-12H2,1-3H3/t15-/m0/s1. The molecule has 1 aliphatic rings. The highest BCUT2D eigenvalue weighted by Gasteiger charge is 2.40. The largest absolute Gasteiger partial charge is 0.464 e. The lowest BCUT2D eigenvalue weighted by Gasteiger charge is -2.25. The van der Waals surface area contributed by atoms with Gasteiger partial charge in [-0.25, -0.2) is 4.79 Å². The summed E-state index contributed by atoms with van der Waals surface area (Å²) in [6.07, 6.45) is 6.23. The first-order chi connectivity index (χ1) is 11.8. The van der Waals surface area contributed by atoms with Crippen LogP contribution in [-0.2, 0) is 25.5 Å². The molecule has 0 saturated carbocycles. The minimum atomic E-state index is -0.752. The highest BCUT2D eigenvalue weighted by molar-refractivity contribution is 6.38. The normalized spacial score (nSPS) is 17.4. The molecule has 1 atom stereocenters. The average molecular weight is 346 g/mol. The predicted molar refractivity (Wildman–Crippen MR) is 92.7 cm³/mol. The van der Waals surface area contributed by atoms with E-state index in [1.54, 1.807) is 33.2 Å². The number of likely N-dealkylation sites (tertiary alicyclic amines) is 1. The number of amides is 1. The van der Waals surface area contributed by atoms with Gasteiger partial charge in [0.1, 0.15) is 6.04 Å². The third-order valence-corrected chi connectivity index (χ3v) is 4.24. The average Bonchev–Trinajstić information content (AvgIpc) is 3.07. The molecule has 0 spiro atoms. The van der Waals surface area contributed by atoms with Crippen molar-refractivity contribution in [2.75, 3.05) is 13.2 Å². The van der Waals surface area contributed by atoms with Gasteiger partial charge in [-0.2, -0.15) is 0 Å². The zero-order valence-corrected chi connectivity index (χ0v) is 15.2. The molecular weight excluding hydrogens is 320 g/mol. The molecule has 0 N–H and O–H groups in total. The molecule has 25 heavy (non-hydrogen) atoms. The van der Waals surface area contributed by atoms with Gasteiger partial charge in [-0.05, 0) is 37.3 Å². The molecule has 0 bridgehead atoms. The van der Waals surface area contributed by atoms with Gasteiger partial charge in [0.2, 0.25) is 5.78 Å². The Hall–Kier alpha value is -2.24. The van der Waals surface area contributed by atoms with Gasteiger partial charge < -0.3 is 9.64 Å². The van der Waals surface area contributed by atoms with E-state index in [-0.39, 0.29) is 0 Å². The molecule has 6 nitrogen and oxygen atoms in total. The number of carbonyl (C=O) groups excluding carboxylic acids is 3. The fourth-order valence-corrected chi connectivity index (χ4v) is 2.80. The van der Waals surface area contributed by atoms with Gasteiger partial charge in [0, 0.05) is 24.4 Å². The van der Waals surface area contributed by atoms with Crippen molar-refractivity contribution >= 4 is 17.7 Å². The maximum atomic E-state index is 12.4. The van der Waals surface area contributed by atoms with Gasteiger partial charge >= 0.3 is 5.97 Å². The Labute approximate surface area is 148 Å². The van der Waals surface area contributed by atoms with E-state index in [2.05, 4.69) is 4.98 Å². The summed E-state index contributed by atoms with van der Waals surface area (Å²) in [5.74, 6) is -1.47. The van der Waals surface area contributed by atoms with Crippen LogP contribution in [0.1, 0.15) is 45.6 Å². The molecule has 1 fully saturated rings. The van der Waals surface area contributed by atoms with E-state index in [9.17, 15) is 14.4 Å². The van der Waals surface area contributed by atoms with Gasteiger partial charge in [0.25, 0.3) is 5.91 Å². The number of ketones is 1. The Morgan fingerprint density at radius 2 is 2.08 bits per heavy atom. The minimum Gasteiger partial charge on any atom is -0.464 e. The molecule has 0 aliphatic carbocycles. The highest BCUT2D eigenvalue weighted by Crippen LogP contribution is 2.23. The van der Waals surface area contributed by atoms with Crippen molar-refractivity contribution < 1.29 is 19.1 Å². The van der Waals surface area contributed by atoms with Crippen LogP contribution < -0.4 is 0 Å². The molecular formula is C19H26N2O4. The maximum Gasteiger partial charge on any atom is 0.328 e. The summed E-state index contributed by atoms with van der Waals surface area (Å²) in [5.41, 5.74) is 0.338. The van der Waals surface area contributed by atoms with Crippen LogP contribution in [0, 0.1) is 5.41 Å². The Bertz CT molecular complexity index is 622. The summed E-state index contributed by atoms with van der Waals surface area (Å²) in [7, 11) is 0. The van der Waals surface area contributed by atoms with E-state index in [0.29, 0.717) is 32.4 Å². The van der Waals surface area contributed by atoms with Crippen LogP contribution in [0.2, 0.25) is 0 Å². The van der Waals surface area contributed by atoms with Gasteiger partial charge in [0.15, 0.2) is 0 Å². The van der Waals surface area contributed by atoms with Crippen LogP contribution in [0.4, 0.5) is 0 Å². The van der Waals surface area contributed by atoms with Crippen LogP contribution in [0.3, 0.4) is 0 Å². The Morgan fingerprint density at radius 1 is 1.32 bits per heavy atom. The summed E-state index contributed by atoms with van der Waals surface area (Å²) in [6.45, 7) is 5.83. The summed E-state index contributed by atoms with van der Waals surface area (Å²) in [4.78, 5) is 42.3. The van der Waals surface area contributed by atoms with Crippen LogP contribution >= 0.6 is 0 Å². The number of esters is 1. The first kappa shape index (κ1) is 19.1. The van der Waals surface area contributed by atoms with Gasteiger partial charge in [0.05, 0.1) is 6.61 Å². The number of aryl methyl sites for hydroxylation is 1. The monoisotopic (exact) mass is 346 g/mol. The molecule has 1 saturated heterocycles. The molecule has 0 radical (unpaired) electrons. The maximum absolute atomic E-state index is 12.4. The smallest absolute Gasteiger partial charge is 0.328 e. The molecule has 2 rings (SSSR count). The Morgan fingerprint density at radius 3 is 2.72 bits per heavy atom. The molecule has 2 heterocycles. The lowest BCUT2D eigenvalue weighted by molar-refractivity contribution is -0.157. The SMILES string of the molecule is CC(C)(C)C(=O)C(=O)N1CCC[C@H]1C(=O)OCCCc1cccnc1. The van der Waals surface area contributed by atoms with Crippen molar-refractivity contribution in [3.05, 3.63) is 30.1 Å². The van der Waals surface area contributed by atoms with Crippen molar-refractivity contribution in [2.24, 2.45) is 5.41 Å². The number of Topliss-reactive ketones (excluding diaryl/α,β-unsaturated/α-hetero) is 1. The van der Waals surface area contributed by atoms with Crippen LogP contribution in [0.5, 0.6) is 0 Å². The Balaban J connectivity index is 1.83. The topological polar surface area (TPSA) is 76.6 Å². The van der Waals surface area contributed by atoms with Gasteiger partial charge in [-0.15, -0.1) is 0 Å². The van der Waals surface area contributed by atoms with Crippen LogP contribution in [0.15, 0.2) is 24.5 Å². The predicted octanol–water partition coefficient (Wildman–Crippen LogP) is 2.16. The number of rotatable bonds is 6. The summed E-state index contributed by atoms with van der Waals surface area (Å²) < 4.78 is 5.33. The zero-order valence-electron chi connectivity index (χ0n) is 15.2. The van der Waals surface area contributed by atoms with Gasteiger partial charge in [-0.1, -0.05) is 26.8 Å². The second kappa shape index (κ2) is 8.23. The fourth-order valence-electron chi connectivity index (χ4n) is 2.80. The van der Waals surface area contributed by atoms with Crippen molar-refractivity contribution in [3.63, 3.8) is 0 Å². The van der Waals surface area contributed by atoms with E-state index in [1.165, 1.54) is 4.90 Å². The number of hydrogen-bond acceptors (Lipinski definition) is 5. The molecule has 0 unspecified atom stereocenters. The lowest BCUT2D eigenvalue weighted by atomic mass is 9.90. The van der Waals surface area contributed by atoms with Crippen molar-refractivity contribution in [3.8, 4) is 0 Å². The third kappa shape index (κ3) is 5.11. The number of ether oxygens (including phenoxy) is 1. The summed E-state index contributed by atoms with van der Waals surface area (Å²) in [6, 6.07) is 3.21. The number of pyridine rings is 1. The summed E-state index contributed by atoms with van der Waals surface area (Å²) >= 11 is 0. The molecule has 6 heteroatoms. The number of hydrogen-bond donors (Lipinski definition) is 0. The number of carbonyl (C=O) groups is 3. The highest BCUT2D eigenvalue weighted by atomic mass is 16.5. The van der Waals surface area contributed by atoms with Gasteiger partial charge in [-0.3, -0.25) is 14.6 Å². The molecule has 1 aliphatic heterocycles. The van der Waals surface area contributed by atoms with Crippen LogP contribution in [-0.4, -0.2) is 46.7 Å². The third-order valence-electron chi connectivity index (χ3n) is 4.24. The molecule has 1 amide bonds. The van der Waals surface area contributed by atoms with E-state index < -0.39 is 29.1 Å². The van der Waals surface area contributed by atoms with Crippen LogP contribution in [0.25, 0.3) is 0 Å². The fraction of sp³-hybridized carbons (Fsp3) is 0.579. The summed E-state index contributed by atoms with van der Waals surface area (Å²) in [5, 5.41) is 0. The quantitative estimate of drug-likeness (QED) is 0.448. The second-order valence-corrected chi connectivity index (χ2v) is 7.37. The van der Waals surface area contributed by atoms with E-state index in [0.717, 1.165) is 12.0 Å². The Kier molecular flexibility index (Phi) is 6.28. The number of aromatic nitrogens is 1. The van der Waals surface area contributed by atoms with E-state index >= 15 is 0 Å². The van der Waals surface area contributed by atoms with Crippen molar-refractivity contribution in [1.82, 2.24) is 9.88 Å². The first-order valence-corrected chi connectivity index (χ1v) is 8.71. The minimum absolute atomic E-state index is 0.291. The second-order valence-electron chi connectivity index (χ2n) is 7.37. The van der Waals surface area contributed by atoms with Crippen molar-refractivity contribution in [2.45, 2.75) is 52.5 Å². The lowest BCUT2D eigenvalue weighted by Crippen LogP contribution is -2.47. The molecule has 0 aromatic carbocycles. The first-order valence-electron chi connectivity index (χ1n) is 8.71. The molecule has 136 valence electrons. The van der Waals surface area contributed by atoms with E-state index in [1.807, 2.05) is 12.1 Å². The number of nitrogens with zero attached hydrogens (tertiary/aromatic N) is 2. The molecule has 1 aromatic rings. The van der Waals surface area contributed by atoms with Crippen molar-refractivity contribution in [1.29, 1.82) is 0 Å².